The van der Waals surface area contributed by atoms with E-state index in [-0.39, 0.29) is 6.03 Å². The molecule has 0 atom stereocenters. The molecule has 0 aliphatic heterocycles. The number of benzene rings is 1. The van der Waals surface area contributed by atoms with Crippen LogP contribution in [0.5, 0.6) is 0 Å². The number of carbonyl (C=O) groups is 1. The van der Waals surface area contributed by atoms with Gasteiger partial charge < -0.3 is 10.2 Å². The Bertz CT molecular complexity index is 857. The van der Waals surface area contributed by atoms with Crippen LogP contribution in [0.15, 0.2) is 61.2 Å². The van der Waals surface area contributed by atoms with Gasteiger partial charge in [0.25, 0.3) is 0 Å². The minimum absolute atomic E-state index is 0.188. The summed E-state index contributed by atoms with van der Waals surface area (Å²) >= 11 is 0. The summed E-state index contributed by atoms with van der Waals surface area (Å²) in [5.41, 5.74) is 3.10. The van der Waals surface area contributed by atoms with Gasteiger partial charge in [0.15, 0.2) is 0 Å². The van der Waals surface area contributed by atoms with E-state index in [0.29, 0.717) is 12.4 Å². The third-order valence-corrected chi connectivity index (χ3v) is 3.94. The van der Waals surface area contributed by atoms with Gasteiger partial charge in [-0.1, -0.05) is 30.3 Å². The van der Waals surface area contributed by atoms with Gasteiger partial charge >= 0.3 is 6.03 Å². The van der Waals surface area contributed by atoms with E-state index in [4.69, 9.17) is 0 Å². The lowest BCUT2D eigenvalue weighted by molar-refractivity contribution is 0.243. The zero-order chi connectivity index (χ0) is 18.4. The Kier molecular flexibility index (Phi) is 5.76. The van der Waals surface area contributed by atoms with Crippen molar-refractivity contribution in [1.29, 1.82) is 0 Å². The third kappa shape index (κ3) is 4.55. The molecule has 1 N–H and O–H groups in total. The number of aromatic nitrogens is 3. The van der Waals surface area contributed by atoms with Gasteiger partial charge in [-0.3, -0.25) is 9.55 Å². The summed E-state index contributed by atoms with van der Waals surface area (Å²) in [5, 5.41) is 2.95. The zero-order valence-electron chi connectivity index (χ0n) is 15.1. The van der Waals surface area contributed by atoms with Gasteiger partial charge in [-0.25, -0.2) is 9.78 Å². The highest BCUT2D eigenvalue weighted by atomic mass is 16.2. The summed E-state index contributed by atoms with van der Waals surface area (Å²) in [4.78, 5) is 23.2. The second kappa shape index (κ2) is 8.40. The van der Waals surface area contributed by atoms with Crippen LogP contribution in [0.1, 0.15) is 11.1 Å². The van der Waals surface area contributed by atoms with Crippen molar-refractivity contribution >= 4 is 6.03 Å². The highest BCUT2D eigenvalue weighted by Crippen LogP contribution is 2.18. The van der Waals surface area contributed by atoms with Crippen molar-refractivity contribution in [2.24, 2.45) is 0 Å². The molecule has 3 aromatic rings. The Labute approximate surface area is 153 Å². The molecule has 1 aromatic carbocycles. The Morgan fingerprint density at radius 2 is 1.96 bits per heavy atom. The standard InChI is InChI=1S/C20H23N5O/c1-24(2)15-17-12-18(14-21-13-17)19-22-10-11-25(19)20(26)23-9-8-16-6-4-3-5-7-16/h3-7,10-14H,8-9,15H2,1-2H3,(H,23,26). The van der Waals surface area contributed by atoms with Gasteiger partial charge in [0.2, 0.25) is 0 Å². The van der Waals surface area contributed by atoms with Gasteiger partial charge in [0, 0.05) is 43.4 Å². The number of hydrogen-bond acceptors (Lipinski definition) is 4. The molecule has 3 rings (SSSR count). The molecule has 1 amide bonds. The van der Waals surface area contributed by atoms with E-state index < -0.39 is 0 Å². The Morgan fingerprint density at radius 3 is 2.73 bits per heavy atom. The normalized spacial score (nSPS) is 10.9. The van der Waals surface area contributed by atoms with Crippen LogP contribution in [-0.4, -0.2) is 46.1 Å². The van der Waals surface area contributed by atoms with Gasteiger partial charge in [0.05, 0.1) is 0 Å². The molecule has 2 heterocycles. The topological polar surface area (TPSA) is 63.1 Å². The van der Waals surface area contributed by atoms with Crippen LogP contribution in [0.25, 0.3) is 11.4 Å². The smallest absolute Gasteiger partial charge is 0.327 e. The molecule has 0 aliphatic carbocycles. The van der Waals surface area contributed by atoms with Crippen LogP contribution < -0.4 is 5.32 Å². The number of hydrogen-bond donors (Lipinski definition) is 1. The molecule has 0 fully saturated rings. The maximum atomic E-state index is 12.5. The van der Waals surface area contributed by atoms with Gasteiger partial charge in [-0.2, -0.15) is 0 Å². The Morgan fingerprint density at radius 1 is 1.15 bits per heavy atom. The Balaban J connectivity index is 1.69. The number of pyridine rings is 1. The van der Waals surface area contributed by atoms with Gasteiger partial charge in [0.1, 0.15) is 5.82 Å². The number of carbonyl (C=O) groups excluding carboxylic acids is 1. The Hall–Kier alpha value is -2.99. The molecular formula is C20H23N5O. The first-order valence-electron chi connectivity index (χ1n) is 8.58. The van der Waals surface area contributed by atoms with Crippen molar-refractivity contribution in [2.45, 2.75) is 13.0 Å². The number of nitrogens with zero attached hydrogens (tertiary/aromatic N) is 4. The molecule has 2 aromatic heterocycles. The highest BCUT2D eigenvalue weighted by molar-refractivity contribution is 5.81. The van der Waals surface area contributed by atoms with Crippen molar-refractivity contribution in [3.63, 3.8) is 0 Å². The SMILES string of the molecule is CN(C)Cc1cncc(-c2nccn2C(=O)NCCc2ccccc2)c1. The van der Waals surface area contributed by atoms with Crippen LogP contribution >= 0.6 is 0 Å². The van der Waals surface area contributed by atoms with Crippen molar-refractivity contribution < 1.29 is 4.79 Å². The van der Waals surface area contributed by atoms with Crippen LogP contribution in [0.4, 0.5) is 4.79 Å². The lowest BCUT2D eigenvalue weighted by Gasteiger charge is -2.11. The predicted octanol–water partition coefficient (Wildman–Crippen LogP) is 2.81. The first-order valence-corrected chi connectivity index (χ1v) is 8.58. The van der Waals surface area contributed by atoms with Crippen LogP contribution in [0, 0.1) is 0 Å². The van der Waals surface area contributed by atoms with E-state index >= 15 is 0 Å². The first-order chi connectivity index (χ1) is 12.6. The summed E-state index contributed by atoms with van der Waals surface area (Å²) in [6, 6.07) is 11.9. The molecule has 0 spiro atoms. The molecule has 0 aliphatic rings. The maximum Gasteiger partial charge on any atom is 0.327 e. The molecule has 6 nitrogen and oxygen atoms in total. The number of rotatable bonds is 6. The highest BCUT2D eigenvalue weighted by Gasteiger charge is 2.13. The quantitative estimate of drug-likeness (QED) is 0.743. The minimum atomic E-state index is -0.188. The van der Waals surface area contributed by atoms with E-state index in [1.54, 1.807) is 18.6 Å². The van der Waals surface area contributed by atoms with E-state index in [1.807, 2.05) is 44.6 Å². The van der Waals surface area contributed by atoms with Crippen LogP contribution in [0.3, 0.4) is 0 Å². The van der Waals surface area contributed by atoms with E-state index in [1.165, 1.54) is 10.1 Å². The average molecular weight is 349 g/mol. The fraction of sp³-hybridized carbons (Fsp3) is 0.250. The monoisotopic (exact) mass is 349 g/mol. The first kappa shape index (κ1) is 17.8. The number of imidazole rings is 1. The summed E-state index contributed by atoms with van der Waals surface area (Å²) in [5.74, 6) is 0.593. The summed E-state index contributed by atoms with van der Waals surface area (Å²) in [7, 11) is 4.02. The zero-order valence-corrected chi connectivity index (χ0v) is 15.1. The maximum absolute atomic E-state index is 12.5. The van der Waals surface area contributed by atoms with Crippen LogP contribution in [0.2, 0.25) is 0 Å². The van der Waals surface area contributed by atoms with Crippen molar-refractivity contribution in [1.82, 2.24) is 24.8 Å². The third-order valence-electron chi connectivity index (χ3n) is 3.94. The molecule has 26 heavy (non-hydrogen) atoms. The van der Waals surface area contributed by atoms with Gasteiger partial charge in [-0.15, -0.1) is 0 Å². The van der Waals surface area contributed by atoms with Crippen molar-refractivity contribution in [3.8, 4) is 11.4 Å². The largest absolute Gasteiger partial charge is 0.337 e. The summed E-state index contributed by atoms with van der Waals surface area (Å²) in [6.07, 6.45) is 7.65. The summed E-state index contributed by atoms with van der Waals surface area (Å²) < 4.78 is 1.53. The second-order valence-corrected chi connectivity index (χ2v) is 6.41. The number of amides is 1. The van der Waals surface area contributed by atoms with E-state index in [2.05, 4.69) is 32.3 Å². The molecule has 0 bridgehead atoms. The number of nitrogens with one attached hydrogen (secondary N) is 1. The average Bonchev–Trinajstić information content (AvgIpc) is 3.12. The lowest BCUT2D eigenvalue weighted by atomic mass is 10.1. The summed E-state index contributed by atoms with van der Waals surface area (Å²) in [6.45, 7) is 1.35. The minimum Gasteiger partial charge on any atom is -0.337 e. The second-order valence-electron chi connectivity index (χ2n) is 6.41. The molecule has 0 saturated carbocycles. The fourth-order valence-electron chi connectivity index (χ4n) is 2.79. The molecule has 6 heteroatoms. The van der Waals surface area contributed by atoms with E-state index in [9.17, 15) is 4.79 Å². The van der Waals surface area contributed by atoms with E-state index in [0.717, 1.165) is 24.1 Å². The molecular weight excluding hydrogens is 326 g/mol. The van der Waals surface area contributed by atoms with Crippen LogP contribution in [-0.2, 0) is 13.0 Å². The lowest BCUT2D eigenvalue weighted by Crippen LogP contribution is -2.30. The molecule has 0 unspecified atom stereocenters. The molecule has 134 valence electrons. The fourth-order valence-corrected chi connectivity index (χ4v) is 2.79. The van der Waals surface area contributed by atoms with Gasteiger partial charge in [-0.05, 0) is 37.7 Å². The predicted molar refractivity (Wildman–Crippen MR) is 102 cm³/mol. The van der Waals surface area contributed by atoms with Crippen molar-refractivity contribution in [2.75, 3.05) is 20.6 Å². The van der Waals surface area contributed by atoms with Crippen molar-refractivity contribution in [3.05, 3.63) is 72.3 Å². The molecule has 0 saturated heterocycles. The molecule has 0 radical (unpaired) electrons.